The molecule has 2 saturated heterocycles. The Bertz CT molecular complexity index is 2680. The van der Waals surface area contributed by atoms with Crippen molar-refractivity contribution in [3.63, 3.8) is 0 Å². The summed E-state index contributed by atoms with van der Waals surface area (Å²) in [6, 6.07) is 13.6. The number of rotatable bonds is 5. The van der Waals surface area contributed by atoms with Crippen molar-refractivity contribution in [2.24, 2.45) is 0 Å². The molecule has 2 N–H and O–H groups in total. The molecule has 0 amide bonds. The summed E-state index contributed by atoms with van der Waals surface area (Å²) >= 11 is 0. The fourth-order valence-electron chi connectivity index (χ4n) is 8.41. The number of nitrogens with zero attached hydrogens (tertiary/aromatic N) is 8. The number of aromatic carboxylic acids is 2. The third-order valence-corrected chi connectivity index (χ3v) is 12.0. The predicted octanol–water partition coefficient (Wildman–Crippen LogP) is 4.85. The summed E-state index contributed by atoms with van der Waals surface area (Å²) in [6.07, 6.45) is 6.22. The van der Waals surface area contributed by atoms with Crippen LogP contribution in [0.3, 0.4) is 0 Å². The second-order valence-corrected chi connectivity index (χ2v) is 16.4. The molecule has 6 aromatic rings. The van der Waals surface area contributed by atoms with Gasteiger partial charge in [-0.25, -0.2) is 18.4 Å². The van der Waals surface area contributed by atoms with Gasteiger partial charge >= 0.3 is 38.1 Å². The maximum Gasteiger partial charge on any atom is 3.00 e. The Labute approximate surface area is 391 Å². The van der Waals surface area contributed by atoms with E-state index in [4.69, 9.17) is 9.47 Å². The zero-order valence-corrected chi connectivity index (χ0v) is 39.8. The van der Waals surface area contributed by atoms with E-state index in [0.29, 0.717) is 60.1 Å². The molecule has 0 aliphatic carbocycles. The van der Waals surface area contributed by atoms with Crippen molar-refractivity contribution < 1.29 is 38.1 Å². The van der Waals surface area contributed by atoms with Gasteiger partial charge in [-0.3, -0.25) is 19.6 Å². The molecule has 0 bridgehead atoms. The zero-order chi connectivity index (χ0) is 45.4. The summed E-state index contributed by atoms with van der Waals surface area (Å²) in [7, 11) is 4.03. The van der Waals surface area contributed by atoms with Crippen LogP contribution in [-0.4, -0.2) is 157 Å². The monoisotopic (exact) mass is 1090 g/mol. The van der Waals surface area contributed by atoms with Crippen molar-refractivity contribution in [3.05, 3.63) is 117 Å². The van der Waals surface area contributed by atoms with Crippen LogP contribution in [-0.2, 0) is 0 Å². The van der Waals surface area contributed by atoms with Crippen molar-refractivity contribution in [1.82, 2.24) is 28.9 Å². The van der Waals surface area contributed by atoms with Crippen LogP contribution in [0.2, 0.25) is 0 Å². The number of aromatic nitrogens is 4. The molecule has 4 aliphatic heterocycles. The average Bonchev–Trinajstić information content (AvgIpc) is 3.29. The Balaban J connectivity index is 0.000000154. The number of anilines is 2. The third-order valence-electron chi connectivity index (χ3n) is 12.0. The molecule has 10 rings (SSSR count). The molecule has 2 radical (unpaired) electrons. The molecule has 65 heavy (non-hydrogen) atoms. The Hall–Kier alpha value is -6.04. The number of carboxylic acids is 2. The van der Waals surface area contributed by atoms with Gasteiger partial charge < -0.3 is 48.4 Å². The number of piperazine rings is 2. The van der Waals surface area contributed by atoms with Crippen molar-refractivity contribution in [3.8, 4) is 22.9 Å². The first-order chi connectivity index (χ1) is 30.7. The number of ether oxygens (including phenoxy) is 2. The average molecular weight is 1090 g/mol. The van der Waals surface area contributed by atoms with E-state index in [9.17, 15) is 38.2 Å². The standard InChI is InChI=1S/2C18H20FN3O4.C10H8N2.Bi/c2*1-10-9-26-17-14-11(16(23)12(18(24)25)8-22(10)14)7-13(19)15(17)21-5-3-20(2)4-6-21;1-3-7-11-9(5-1)10-6-2-4-8-12-10;/h2*7-8,10H,3-6,9H2,1-2H3,(H,24,25);1-8H;/q;;;+3/t2*10-;;/m00../s1. The van der Waals surface area contributed by atoms with E-state index in [-0.39, 0.29) is 73.4 Å². The number of benzene rings is 2. The van der Waals surface area contributed by atoms with Crippen LogP contribution in [0.15, 0.2) is 82.9 Å². The van der Waals surface area contributed by atoms with E-state index in [0.717, 1.165) is 49.7 Å². The predicted molar refractivity (Wildman–Crippen MR) is 243 cm³/mol. The van der Waals surface area contributed by atoms with Gasteiger partial charge in [-0.05, 0) is 64.3 Å². The molecule has 2 fully saturated rings. The van der Waals surface area contributed by atoms with Crippen molar-refractivity contribution in [1.29, 1.82) is 0 Å². The van der Waals surface area contributed by atoms with Gasteiger partial charge in [0.2, 0.25) is 10.9 Å². The Morgan fingerprint density at radius 3 is 1.32 bits per heavy atom. The third kappa shape index (κ3) is 9.27. The SMILES string of the molecule is C[C@H]1COc2c(N3CCN(C)CC3)c(F)cc3c(=O)c(C(=O)O)cn1c23.C[C@H]1COc2c(N3CCN(C)CC3)c(F)cc3c(=O)c(C(=O)O)cn1c23.[Bi+3].c1ccc(-c2ccccn2)nc1. The van der Waals surface area contributed by atoms with Crippen LogP contribution < -0.4 is 30.1 Å². The van der Waals surface area contributed by atoms with E-state index in [1.165, 1.54) is 12.4 Å². The minimum absolute atomic E-state index is 0. The Morgan fingerprint density at radius 2 is 1.00 bits per heavy atom. The van der Waals surface area contributed by atoms with Gasteiger partial charge in [0, 0.05) is 77.1 Å². The van der Waals surface area contributed by atoms with E-state index in [2.05, 4.69) is 19.8 Å². The van der Waals surface area contributed by atoms with Crippen LogP contribution in [0.4, 0.5) is 20.2 Å². The number of carboxylic acid groups (broad SMARTS) is 2. The molecule has 0 unspecified atom stereocenters. The molecule has 16 nitrogen and oxygen atoms in total. The number of hydrogen-bond acceptors (Lipinski definition) is 12. The summed E-state index contributed by atoms with van der Waals surface area (Å²) in [5, 5.41) is 18.7. The number of pyridine rings is 4. The fraction of sp³-hybridized carbons (Fsp3) is 0.348. The molecule has 0 spiro atoms. The molecular weight excluding hydrogens is 1040 g/mol. The first-order valence-electron chi connectivity index (χ1n) is 21.0. The summed E-state index contributed by atoms with van der Waals surface area (Å²) in [6.45, 7) is 10.2. The van der Waals surface area contributed by atoms with Gasteiger partial charge in [0.1, 0.15) is 35.7 Å². The minimum Gasteiger partial charge on any atom is -0.487 e. The van der Waals surface area contributed by atoms with Crippen molar-refractivity contribution in [2.75, 3.05) is 89.5 Å². The quantitative estimate of drug-likeness (QED) is 0.224. The summed E-state index contributed by atoms with van der Waals surface area (Å²) in [5.74, 6) is -3.09. The van der Waals surface area contributed by atoms with Gasteiger partial charge in [-0.15, -0.1) is 0 Å². The van der Waals surface area contributed by atoms with Crippen LogP contribution in [0, 0.1) is 11.6 Å². The summed E-state index contributed by atoms with van der Waals surface area (Å²) in [4.78, 5) is 64.5. The molecule has 8 heterocycles. The fourth-order valence-corrected chi connectivity index (χ4v) is 8.41. The molecule has 2 atom stereocenters. The maximum absolute atomic E-state index is 15.0. The smallest absolute Gasteiger partial charge is 0.487 e. The molecule has 4 aliphatic rings. The van der Waals surface area contributed by atoms with Gasteiger partial charge in [-0.2, -0.15) is 0 Å². The zero-order valence-electron chi connectivity index (χ0n) is 36.3. The maximum atomic E-state index is 15.0. The molecular formula is C46H48BiF2N8O8+3. The second kappa shape index (κ2) is 19.6. The molecule has 2 aromatic carbocycles. The van der Waals surface area contributed by atoms with Crippen LogP contribution >= 0.6 is 0 Å². The number of carbonyl (C=O) groups is 2. The molecule has 19 heteroatoms. The number of hydrogen-bond donors (Lipinski definition) is 2. The van der Waals surface area contributed by atoms with E-state index >= 15 is 0 Å². The Kier molecular flexibility index (Phi) is 14.2. The van der Waals surface area contributed by atoms with Crippen LogP contribution in [0.25, 0.3) is 33.2 Å². The topological polar surface area (TPSA) is 176 Å². The second-order valence-electron chi connectivity index (χ2n) is 16.4. The molecule has 0 saturated carbocycles. The van der Waals surface area contributed by atoms with Gasteiger partial charge in [0.05, 0.1) is 45.3 Å². The van der Waals surface area contributed by atoms with Crippen molar-refractivity contribution >= 4 is 71.3 Å². The molecule has 4 aromatic heterocycles. The van der Waals surface area contributed by atoms with Gasteiger partial charge in [0.15, 0.2) is 23.1 Å². The number of halogens is 2. The van der Waals surface area contributed by atoms with E-state index in [1.54, 1.807) is 21.5 Å². The minimum atomic E-state index is -1.32. The van der Waals surface area contributed by atoms with Crippen LogP contribution in [0.5, 0.6) is 11.5 Å². The molecule has 336 valence electrons. The van der Waals surface area contributed by atoms with Gasteiger partial charge in [-0.1, -0.05) is 12.1 Å². The van der Waals surface area contributed by atoms with Crippen molar-refractivity contribution in [2.45, 2.75) is 25.9 Å². The van der Waals surface area contributed by atoms with E-state index < -0.39 is 34.4 Å². The van der Waals surface area contributed by atoms with Gasteiger partial charge in [0.25, 0.3) is 0 Å². The Morgan fingerprint density at radius 1 is 0.631 bits per heavy atom. The first-order valence-corrected chi connectivity index (χ1v) is 21.0. The normalized spacial score (nSPS) is 18.0. The first kappa shape index (κ1) is 46.9. The largest absolute Gasteiger partial charge is 3.00 e. The summed E-state index contributed by atoms with van der Waals surface area (Å²) in [5.41, 5.74) is 1.38. The number of likely N-dealkylation sites (N-methyl/N-ethyl adjacent to an activating group) is 2. The van der Waals surface area contributed by atoms with E-state index in [1.807, 2.05) is 74.1 Å². The summed E-state index contributed by atoms with van der Waals surface area (Å²) < 4.78 is 45.1. The van der Waals surface area contributed by atoms with Crippen LogP contribution in [0.1, 0.15) is 46.6 Å².